The molecule has 2 aromatic rings. The minimum absolute atomic E-state index is 0.271. The fraction of sp³-hybridized carbons (Fsp3) is 0.133. The normalized spacial score (nSPS) is 14.6. The Hall–Kier alpha value is -2.09. The van der Waals surface area contributed by atoms with Crippen LogP contribution in [0, 0.1) is 0 Å². The highest BCUT2D eigenvalue weighted by molar-refractivity contribution is 5.93. The van der Waals surface area contributed by atoms with Crippen LogP contribution in [0.3, 0.4) is 0 Å². The molecule has 2 heteroatoms. The van der Waals surface area contributed by atoms with E-state index < -0.39 is 0 Å². The molecule has 0 atom stereocenters. The summed E-state index contributed by atoms with van der Waals surface area (Å²) in [6.45, 7) is 0.473. The van der Waals surface area contributed by atoms with E-state index in [9.17, 15) is 4.79 Å². The molecular formula is C15H13NO. The smallest absolute Gasteiger partial charge is 0.156 e. The van der Waals surface area contributed by atoms with Gasteiger partial charge in [-0.1, -0.05) is 36.4 Å². The van der Waals surface area contributed by atoms with Crippen molar-refractivity contribution >= 4 is 17.2 Å². The molecule has 0 aliphatic carbocycles. The summed E-state index contributed by atoms with van der Waals surface area (Å²) in [7, 11) is 0. The van der Waals surface area contributed by atoms with Gasteiger partial charge in [0.05, 0.1) is 6.54 Å². The van der Waals surface area contributed by atoms with Gasteiger partial charge in [-0.15, -0.1) is 0 Å². The maximum atomic E-state index is 11.8. The number of para-hydroxylation sites is 2. The van der Waals surface area contributed by atoms with Gasteiger partial charge >= 0.3 is 0 Å². The topological polar surface area (TPSA) is 20.3 Å². The van der Waals surface area contributed by atoms with E-state index in [1.54, 1.807) is 0 Å². The third-order valence-electron chi connectivity index (χ3n) is 3.07. The first-order chi connectivity index (χ1) is 8.34. The van der Waals surface area contributed by atoms with E-state index in [1.165, 1.54) is 0 Å². The summed E-state index contributed by atoms with van der Waals surface area (Å²) in [6.07, 6.45) is 0.555. The SMILES string of the molecule is O=C1Cc2ccccc2N(c2ccccc2)C1. The van der Waals surface area contributed by atoms with E-state index in [1.807, 2.05) is 48.5 Å². The van der Waals surface area contributed by atoms with E-state index in [2.05, 4.69) is 11.0 Å². The molecule has 17 heavy (non-hydrogen) atoms. The Morgan fingerprint density at radius 2 is 1.59 bits per heavy atom. The third kappa shape index (κ3) is 1.82. The largest absolute Gasteiger partial charge is 0.334 e. The number of carbonyl (C=O) groups is 1. The Labute approximate surface area is 100 Å². The lowest BCUT2D eigenvalue weighted by atomic mass is 10.0. The molecule has 0 unspecified atom stereocenters. The van der Waals surface area contributed by atoms with Gasteiger partial charge < -0.3 is 4.90 Å². The van der Waals surface area contributed by atoms with Gasteiger partial charge in [-0.3, -0.25) is 4.79 Å². The second-order valence-electron chi connectivity index (χ2n) is 4.27. The van der Waals surface area contributed by atoms with Crippen molar-refractivity contribution in [1.82, 2.24) is 0 Å². The molecule has 2 nitrogen and oxygen atoms in total. The van der Waals surface area contributed by atoms with Gasteiger partial charge in [0, 0.05) is 17.8 Å². The number of hydrogen-bond donors (Lipinski definition) is 0. The summed E-state index contributed by atoms with van der Waals surface area (Å²) in [5.74, 6) is 0.271. The lowest BCUT2D eigenvalue weighted by Gasteiger charge is -2.30. The van der Waals surface area contributed by atoms with Crippen molar-refractivity contribution in [3.8, 4) is 0 Å². The molecule has 0 saturated carbocycles. The minimum atomic E-state index is 0.271. The van der Waals surface area contributed by atoms with Crippen molar-refractivity contribution in [1.29, 1.82) is 0 Å². The summed E-state index contributed by atoms with van der Waals surface area (Å²) in [6, 6.07) is 18.2. The molecule has 84 valence electrons. The maximum Gasteiger partial charge on any atom is 0.156 e. The van der Waals surface area contributed by atoms with Crippen LogP contribution in [0.1, 0.15) is 5.56 Å². The van der Waals surface area contributed by atoms with Crippen molar-refractivity contribution in [3.05, 3.63) is 60.2 Å². The average Bonchev–Trinajstić information content (AvgIpc) is 2.39. The minimum Gasteiger partial charge on any atom is -0.334 e. The van der Waals surface area contributed by atoms with Crippen LogP contribution >= 0.6 is 0 Å². The van der Waals surface area contributed by atoms with Crippen LogP contribution in [0.5, 0.6) is 0 Å². The molecule has 0 aromatic heterocycles. The number of anilines is 2. The molecule has 0 fully saturated rings. The van der Waals surface area contributed by atoms with Crippen LogP contribution in [0.25, 0.3) is 0 Å². The summed E-state index contributed by atoms with van der Waals surface area (Å²) < 4.78 is 0. The zero-order valence-corrected chi connectivity index (χ0v) is 9.47. The van der Waals surface area contributed by atoms with Crippen LogP contribution in [-0.2, 0) is 11.2 Å². The molecule has 3 rings (SSSR count). The van der Waals surface area contributed by atoms with Crippen molar-refractivity contribution in [2.45, 2.75) is 6.42 Å². The summed E-state index contributed by atoms with van der Waals surface area (Å²) in [4.78, 5) is 13.9. The number of Topliss-reactive ketones (excluding diaryl/α,β-unsaturated/α-hetero) is 1. The van der Waals surface area contributed by atoms with Gasteiger partial charge in [0.1, 0.15) is 0 Å². The molecule has 0 saturated heterocycles. The zero-order chi connectivity index (χ0) is 11.7. The molecule has 1 heterocycles. The lowest BCUT2D eigenvalue weighted by Crippen LogP contribution is -2.31. The predicted molar refractivity (Wildman–Crippen MR) is 68.6 cm³/mol. The Kier molecular flexibility index (Phi) is 2.41. The Morgan fingerprint density at radius 3 is 2.41 bits per heavy atom. The van der Waals surface area contributed by atoms with Crippen molar-refractivity contribution < 1.29 is 4.79 Å². The molecule has 1 aliphatic heterocycles. The van der Waals surface area contributed by atoms with Gasteiger partial charge in [0.2, 0.25) is 0 Å². The number of carbonyl (C=O) groups excluding carboxylic acids is 1. The number of nitrogens with zero attached hydrogens (tertiary/aromatic N) is 1. The molecular weight excluding hydrogens is 210 g/mol. The first kappa shape index (κ1) is 10.1. The van der Waals surface area contributed by atoms with Gasteiger partial charge in [-0.2, -0.15) is 0 Å². The number of rotatable bonds is 1. The van der Waals surface area contributed by atoms with Crippen molar-refractivity contribution in [3.63, 3.8) is 0 Å². The monoisotopic (exact) mass is 223 g/mol. The summed E-state index contributed by atoms with van der Waals surface area (Å²) >= 11 is 0. The first-order valence-electron chi connectivity index (χ1n) is 5.77. The van der Waals surface area contributed by atoms with E-state index in [-0.39, 0.29) is 5.78 Å². The number of hydrogen-bond acceptors (Lipinski definition) is 2. The van der Waals surface area contributed by atoms with Crippen LogP contribution in [-0.4, -0.2) is 12.3 Å². The molecule has 2 aromatic carbocycles. The van der Waals surface area contributed by atoms with Crippen molar-refractivity contribution in [2.24, 2.45) is 0 Å². The lowest BCUT2D eigenvalue weighted by molar-refractivity contribution is -0.117. The number of benzene rings is 2. The standard InChI is InChI=1S/C15H13NO/c17-14-10-12-6-4-5-9-15(12)16(11-14)13-7-2-1-3-8-13/h1-9H,10-11H2. The third-order valence-corrected chi connectivity index (χ3v) is 3.07. The predicted octanol–water partition coefficient (Wildman–Crippen LogP) is 2.95. The zero-order valence-electron chi connectivity index (χ0n) is 9.47. The van der Waals surface area contributed by atoms with Crippen LogP contribution < -0.4 is 4.90 Å². The van der Waals surface area contributed by atoms with Gasteiger partial charge in [-0.05, 0) is 23.8 Å². The summed E-state index contributed by atoms with van der Waals surface area (Å²) in [5.41, 5.74) is 3.35. The van der Waals surface area contributed by atoms with Gasteiger partial charge in [0.25, 0.3) is 0 Å². The van der Waals surface area contributed by atoms with E-state index in [4.69, 9.17) is 0 Å². The molecule has 0 N–H and O–H groups in total. The highest BCUT2D eigenvalue weighted by Crippen LogP contribution is 2.31. The van der Waals surface area contributed by atoms with Crippen molar-refractivity contribution in [2.75, 3.05) is 11.4 Å². The highest BCUT2D eigenvalue weighted by atomic mass is 16.1. The fourth-order valence-corrected chi connectivity index (χ4v) is 2.29. The molecule has 0 bridgehead atoms. The Balaban J connectivity index is 2.10. The summed E-state index contributed by atoms with van der Waals surface area (Å²) in [5, 5.41) is 0. The van der Waals surface area contributed by atoms with Crippen LogP contribution in [0.2, 0.25) is 0 Å². The Bertz CT molecular complexity index is 548. The van der Waals surface area contributed by atoms with E-state index in [0.29, 0.717) is 13.0 Å². The Morgan fingerprint density at radius 1 is 0.882 bits per heavy atom. The molecule has 1 aliphatic rings. The number of ketones is 1. The number of fused-ring (bicyclic) bond motifs is 1. The van der Waals surface area contributed by atoms with Gasteiger partial charge in [0.15, 0.2) is 5.78 Å². The molecule has 0 spiro atoms. The average molecular weight is 223 g/mol. The second kappa shape index (κ2) is 4.06. The molecule has 0 radical (unpaired) electrons. The highest BCUT2D eigenvalue weighted by Gasteiger charge is 2.22. The quantitative estimate of drug-likeness (QED) is 0.740. The van der Waals surface area contributed by atoms with Crippen LogP contribution in [0.4, 0.5) is 11.4 Å². The van der Waals surface area contributed by atoms with E-state index >= 15 is 0 Å². The maximum absolute atomic E-state index is 11.8. The fourth-order valence-electron chi connectivity index (χ4n) is 2.29. The first-order valence-corrected chi connectivity index (χ1v) is 5.77. The van der Waals surface area contributed by atoms with Gasteiger partial charge in [-0.25, -0.2) is 0 Å². The molecule has 0 amide bonds. The van der Waals surface area contributed by atoms with E-state index in [0.717, 1.165) is 16.9 Å². The van der Waals surface area contributed by atoms with Crippen LogP contribution in [0.15, 0.2) is 54.6 Å². The second-order valence-corrected chi connectivity index (χ2v) is 4.27.